The summed E-state index contributed by atoms with van der Waals surface area (Å²) in [4.78, 5) is 26.2. The molecule has 142 valence electrons. The molecular weight excluding hydrogens is 332 g/mol. The molecule has 1 saturated heterocycles. The lowest BCUT2D eigenvalue weighted by Crippen LogP contribution is -2.49. The van der Waals surface area contributed by atoms with Gasteiger partial charge < -0.3 is 14.2 Å². The maximum Gasteiger partial charge on any atom is 0.319 e. The molecule has 0 bridgehead atoms. The number of Topliss-reactive ketones (excluding diaryl/α,β-unsaturated/α-hetero) is 1. The molecule has 0 N–H and O–H groups in total. The molecule has 5 heteroatoms. The Morgan fingerprint density at radius 1 is 1.15 bits per heavy atom. The Morgan fingerprint density at radius 2 is 1.81 bits per heavy atom. The summed E-state index contributed by atoms with van der Waals surface area (Å²) >= 11 is 0. The van der Waals surface area contributed by atoms with Crippen molar-refractivity contribution in [2.45, 2.75) is 65.6 Å². The average Bonchev–Trinajstić information content (AvgIpc) is 3.05. The van der Waals surface area contributed by atoms with Gasteiger partial charge in [0.1, 0.15) is 12.2 Å². The minimum absolute atomic E-state index is 0.0202. The van der Waals surface area contributed by atoms with E-state index in [9.17, 15) is 9.59 Å². The van der Waals surface area contributed by atoms with Crippen molar-refractivity contribution in [3.05, 3.63) is 34.4 Å². The van der Waals surface area contributed by atoms with Crippen LogP contribution in [-0.2, 0) is 30.2 Å². The van der Waals surface area contributed by atoms with Crippen LogP contribution in [0.3, 0.4) is 0 Å². The highest BCUT2D eigenvalue weighted by molar-refractivity contribution is 6.05. The molecule has 3 unspecified atom stereocenters. The van der Waals surface area contributed by atoms with E-state index in [4.69, 9.17) is 14.2 Å². The van der Waals surface area contributed by atoms with Gasteiger partial charge >= 0.3 is 5.97 Å². The number of ketones is 1. The predicted octanol–water partition coefficient (Wildman–Crippen LogP) is 3.20. The Kier molecular flexibility index (Phi) is 5.49. The molecule has 26 heavy (non-hydrogen) atoms. The third-order valence-electron chi connectivity index (χ3n) is 5.76. The Balaban J connectivity index is 1.90. The zero-order valence-electron chi connectivity index (χ0n) is 16.1. The van der Waals surface area contributed by atoms with Gasteiger partial charge in [0.15, 0.2) is 5.78 Å². The highest BCUT2D eigenvalue weighted by Gasteiger charge is 2.54. The normalized spacial score (nSPS) is 27.8. The van der Waals surface area contributed by atoms with Crippen LogP contribution in [-0.4, -0.2) is 37.4 Å². The number of benzene rings is 1. The van der Waals surface area contributed by atoms with Gasteiger partial charge in [-0.25, -0.2) is 0 Å². The van der Waals surface area contributed by atoms with Crippen LogP contribution >= 0.6 is 0 Å². The van der Waals surface area contributed by atoms with Gasteiger partial charge in [0, 0.05) is 6.42 Å². The highest BCUT2D eigenvalue weighted by atomic mass is 16.7. The molecule has 3 rings (SSSR count). The highest BCUT2D eigenvalue weighted by Crippen LogP contribution is 2.43. The molecule has 1 aliphatic heterocycles. The smallest absolute Gasteiger partial charge is 0.319 e. The molecule has 2 fully saturated rings. The number of hydrogen-bond acceptors (Lipinski definition) is 5. The maximum atomic E-state index is 13.4. The quantitative estimate of drug-likeness (QED) is 0.596. The molecular formula is C21H28O5. The molecule has 0 spiro atoms. The van der Waals surface area contributed by atoms with Gasteiger partial charge in [-0.2, -0.15) is 0 Å². The Labute approximate surface area is 155 Å². The van der Waals surface area contributed by atoms with Crippen molar-refractivity contribution in [1.82, 2.24) is 0 Å². The fraction of sp³-hybridized carbons (Fsp3) is 0.619. The zero-order chi connectivity index (χ0) is 18.9. The van der Waals surface area contributed by atoms with Gasteiger partial charge in [-0.3, -0.25) is 9.59 Å². The van der Waals surface area contributed by atoms with Crippen molar-refractivity contribution in [2.24, 2.45) is 5.41 Å². The topological polar surface area (TPSA) is 61.8 Å². The van der Waals surface area contributed by atoms with Crippen LogP contribution in [0.2, 0.25) is 0 Å². The van der Waals surface area contributed by atoms with E-state index in [-0.39, 0.29) is 37.8 Å². The van der Waals surface area contributed by atoms with Crippen molar-refractivity contribution < 1.29 is 23.8 Å². The van der Waals surface area contributed by atoms with Gasteiger partial charge in [0.2, 0.25) is 0 Å². The molecule has 1 heterocycles. The minimum atomic E-state index is -1.13. The van der Waals surface area contributed by atoms with Crippen LogP contribution in [0, 0.1) is 26.2 Å². The molecule has 5 nitrogen and oxygen atoms in total. The summed E-state index contributed by atoms with van der Waals surface area (Å²) in [7, 11) is 0. The molecule has 1 aromatic carbocycles. The number of esters is 1. The van der Waals surface area contributed by atoms with Crippen molar-refractivity contribution in [1.29, 1.82) is 0 Å². The van der Waals surface area contributed by atoms with Crippen LogP contribution in [0.25, 0.3) is 0 Å². The molecule has 0 amide bonds. The Hall–Kier alpha value is -1.72. The van der Waals surface area contributed by atoms with E-state index in [1.807, 2.05) is 20.8 Å². The number of aryl methyl sites for hydroxylation is 3. The lowest BCUT2D eigenvalue weighted by Gasteiger charge is -2.38. The van der Waals surface area contributed by atoms with E-state index in [2.05, 4.69) is 12.1 Å². The first-order valence-corrected chi connectivity index (χ1v) is 9.38. The molecule has 3 atom stereocenters. The molecule has 2 aliphatic rings. The number of ether oxygens (including phenoxy) is 3. The van der Waals surface area contributed by atoms with Gasteiger partial charge in [0.05, 0.1) is 18.8 Å². The fourth-order valence-corrected chi connectivity index (χ4v) is 4.36. The van der Waals surface area contributed by atoms with Gasteiger partial charge in [-0.15, -0.1) is 0 Å². The summed E-state index contributed by atoms with van der Waals surface area (Å²) in [6.45, 7) is 8.35. The summed E-state index contributed by atoms with van der Waals surface area (Å²) in [5, 5.41) is 0. The van der Waals surface area contributed by atoms with E-state index in [1.165, 1.54) is 5.56 Å². The number of carbonyl (C=O) groups excluding carboxylic acids is 2. The third-order valence-corrected chi connectivity index (χ3v) is 5.76. The standard InChI is InChI=1S/C21H28O5/c1-5-24-20(23)21(7-6-17-18(11-21)26-12-25-17)19(22)10-16-14(3)8-13(2)9-15(16)4/h8-9,17-18H,5-7,10-12H2,1-4H3. The van der Waals surface area contributed by atoms with Gasteiger partial charge in [-0.1, -0.05) is 17.7 Å². The van der Waals surface area contributed by atoms with Crippen LogP contribution in [0.5, 0.6) is 0 Å². The second kappa shape index (κ2) is 7.49. The summed E-state index contributed by atoms with van der Waals surface area (Å²) in [6, 6.07) is 4.16. The average molecular weight is 360 g/mol. The Bertz CT molecular complexity index is 687. The molecule has 0 radical (unpaired) electrons. The predicted molar refractivity (Wildman–Crippen MR) is 96.9 cm³/mol. The number of carbonyl (C=O) groups is 2. The van der Waals surface area contributed by atoms with E-state index in [0.29, 0.717) is 19.3 Å². The van der Waals surface area contributed by atoms with Gasteiger partial charge in [0.25, 0.3) is 0 Å². The molecule has 0 aromatic heterocycles. The largest absolute Gasteiger partial charge is 0.465 e. The Morgan fingerprint density at radius 3 is 2.46 bits per heavy atom. The first kappa shape index (κ1) is 19.1. The third kappa shape index (κ3) is 3.42. The molecule has 1 aromatic rings. The van der Waals surface area contributed by atoms with Crippen LogP contribution in [0.15, 0.2) is 12.1 Å². The second-order valence-electron chi connectivity index (χ2n) is 7.55. The maximum absolute atomic E-state index is 13.4. The molecule has 1 saturated carbocycles. The van der Waals surface area contributed by atoms with E-state index in [0.717, 1.165) is 16.7 Å². The van der Waals surface area contributed by atoms with Crippen molar-refractivity contribution in [2.75, 3.05) is 13.4 Å². The lowest BCUT2D eigenvalue weighted by molar-refractivity contribution is -0.165. The SMILES string of the molecule is CCOC(=O)C1(C(=O)Cc2c(C)cc(C)cc2C)CCC2OCOC2C1. The lowest BCUT2D eigenvalue weighted by atomic mass is 9.67. The zero-order valence-corrected chi connectivity index (χ0v) is 16.1. The van der Waals surface area contributed by atoms with E-state index >= 15 is 0 Å². The van der Waals surface area contributed by atoms with Crippen molar-refractivity contribution >= 4 is 11.8 Å². The molecule has 1 aliphatic carbocycles. The first-order valence-electron chi connectivity index (χ1n) is 9.38. The second-order valence-corrected chi connectivity index (χ2v) is 7.55. The van der Waals surface area contributed by atoms with Crippen LogP contribution in [0.4, 0.5) is 0 Å². The van der Waals surface area contributed by atoms with Gasteiger partial charge in [-0.05, 0) is 63.6 Å². The minimum Gasteiger partial charge on any atom is -0.465 e. The number of hydrogen-bond donors (Lipinski definition) is 0. The number of fused-ring (bicyclic) bond motifs is 1. The monoisotopic (exact) mass is 360 g/mol. The first-order chi connectivity index (χ1) is 12.4. The summed E-state index contributed by atoms with van der Waals surface area (Å²) in [6.07, 6.45) is 1.46. The summed E-state index contributed by atoms with van der Waals surface area (Å²) in [5.74, 6) is -0.485. The van der Waals surface area contributed by atoms with E-state index < -0.39 is 11.4 Å². The summed E-state index contributed by atoms with van der Waals surface area (Å²) < 4.78 is 16.5. The fourth-order valence-electron chi connectivity index (χ4n) is 4.36. The van der Waals surface area contributed by atoms with E-state index in [1.54, 1.807) is 6.92 Å². The van der Waals surface area contributed by atoms with Crippen molar-refractivity contribution in [3.8, 4) is 0 Å². The van der Waals surface area contributed by atoms with Crippen LogP contribution in [0.1, 0.15) is 48.4 Å². The summed E-state index contributed by atoms with van der Waals surface area (Å²) in [5.41, 5.74) is 3.23. The number of rotatable bonds is 5. The van der Waals surface area contributed by atoms with Crippen LogP contribution < -0.4 is 0 Å². The van der Waals surface area contributed by atoms with Crippen molar-refractivity contribution in [3.63, 3.8) is 0 Å².